The van der Waals surface area contributed by atoms with E-state index in [1.165, 1.54) is 24.4 Å². The number of carbonyl (C=O) groups excluding carboxylic acids is 1. The summed E-state index contributed by atoms with van der Waals surface area (Å²) in [5.41, 5.74) is 2.66. The Morgan fingerprint density at radius 1 is 1.11 bits per heavy atom. The third kappa shape index (κ3) is 4.52. The average Bonchev–Trinajstić information content (AvgIpc) is 3.17. The molecule has 0 unspecified atom stereocenters. The van der Waals surface area contributed by atoms with Gasteiger partial charge in [-0.3, -0.25) is 4.79 Å². The third-order valence-corrected chi connectivity index (χ3v) is 3.91. The van der Waals surface area contributed by atoms with E-state index in [1.54, 1.807) is 31.2 Å². The lowest BCUT2D eigenvalue weighted by molar-refractivity contribution is -0.120. The first kappa shape index (κ1) is 18.6. The summed E-state index contributed by atoms with van der Waals surface area (Å²) in [5, 5.41) is 6.57. The summed E-state index contributed by atoms with van der Waals surface area (Å²) in [4.78, 5) is 15.9. The number of rotatable bonds is 6. The average molecular weight is 374 g/mol. The molecule has 2 aromatic heterocycles. The summed E-state index contributed by atoms with van der Waals surface area (Å²) in [7, 11) is 0. The maximum Gasteiger partial charge on any atom is 0.333 e. The number of hydrogen-bond acceptors (Lipinski definition) is 3. The van der Waals surface area contributed by atoms with Crippen LogP contribution in [-0.4, -0.2) is 20.7 Å². The fourth-order valence-electron chi connectivity index (χ4n) is 2.52. The van der Waals surface area contributed by atoms with Crippen molar-refractivity contribution in [2.45, 2.75) is 26.4 Å². The molecule has 0 aliphatic heterocycles. The third-order valence-electron chi connectivity index (χ3n) is 3.91. The van der Waals surface area contributed by atoms with Crippen molar-refractivity contribution < 1.29 is 18.0 Å². The summed E-state index contributed by atoms with van der Waals surface area (Å²) in [5.74, 6) is -0.494. The van der Waals surface area contributed by atoms with Gasteiger partial charge in [-0.25, -0.2) is 14.1 Å². The van der Waals surface area contributed by atoms with Crippen LogP contribution in [0.15, 0.2) is 48.7 Å². The molecule has 1 N–H and O–H groups in total. The second-order valence-corrected chi connectivity index (χ2v) is 5.83. The van der Waals surface area contributed by atoms with Crippen molar-refractivity contribution in [2.75, 3.05) is 0 Å². The van der Waals surface area contributed by atoms with Crippen molar-refractivity contribution in [1.29, 1.82) is 0 Å². The molecule has 140 valence electrons. The molecule has 0 aliphatic carbocycles. The van der Waals surface area contributed by atoms with Gasteiger partial charge < -0.3 is 5.32 Å². The fourth-order valence-corrected chi connectivity index (χ4v) is 2.52. The van der Waals surface area contributed by atoms with E-state index in [0.717, 1.165) is 5.56 Å². The predicted octanol–water partition coefficient (Wildman–Crippen LogP) is 4.17. The van der Waals surface area contributed by atoms with E-state index in [-0.39, 0.29) is 24.0 Å². The van der Waals surface area contributed by atoms with Gasteiger partial charge in [0.15, 0.2) is 0 Å². The molecule has 0 saturated heterocycles. The van der Waals surface area contributed by atoms with Gasteiger partial charge in [0.05, 0.1) is 17.9 Å². The summed E-state index contributed by atoms with van der Waals surface area (Å²) in [6.45, 7) is -0.827. The highest BCUT2D eigenvalue weighted by Gasteiger charge is 2.13. The van der Waals surface area contributed by atoms with Crippen molar-refractivity contribution in [3.8, 4) is 22.5 Å². The Balaban J connectivity index is 2.01. The van der Waals surface area contributed by atoms with E-state index in [0.29, 0.717) is 28.1 Å². The van der Waals surface area contributed by atoms with Gasteiger partial charge >= 0.3 is 6.55 Å². The number of nitrogens with one attached hydrogen (secondary N) is 1. The standard InChI is InChI=1S/C19H17F3N4O/c1-2-18(27)23-11-15-9-13(12-3-5-14(20)6-4-12)10-17(24-15)16-7-8-26(25-16)19(21)22/h3-10,19H,2,11H2,1H3,(H,23,27). The van der Waals surface area contributed by atoms with Gasteiger partial charge in [-0.15, -0.1) is 0 Å². The lowest BCUT2D eigenvalue weighted by Gasteiger charge is -2.09. The number of alkyl halides is 2. The van der Waals surface area contributed by atoms with Crippen LogP contribution in [-0.2, 0) is 11.3 Å². The van der Waals surface area contributed by atoms with Gasteiger partial charge in [-0.05, 0) is 41.5 Å². The smallest absolute Gasteiger partial charge is 0.333 e. The van der Waals surface area contributed by atoms with E-state index in [1.807, 2.05) is 0 Å². The fraction of sp³-hybridized carbons (Fsp3) is 0.211. The highest BCUT2D eigenvalue weighted by molar-refractivity contribution is 5.75. The zero-order valence-electron chi connectivity index (χ0n) is 14.5. The maximum atomic E-state index is 13.2. The predicted molar refractivity (Wildman–Crippen MR) is 94.2 cm³/mol. The second-order valence-electron chi connectivity index (χ2n) is 5.83. The summed E-state index contributed by atoms with van der Waals surface area (Å²) in [6, 6.07) is 10.8. The number of benzene rings is 1. The lowest BCUT2D eigenvalue weighted by Crippen LogP contribution is -2.22. The van der Waals surface area contributed by atoms with Crippen LogP contribution in [0.4, 0.5) is 13.2 Å². The molecule has 0 radical (unpaired) electrons. The van der Waals surface area contributed by atoms with Gasteiger partial charge in [0.25, 0.3) is 0 Å². The Labute approximate surface area is 153 Å². The van der Waals surface area contributed by atoms with Crippen molar-refractivity contribution in [3.05, 3.63) is 60.2 Å². The number of pyridine rings is 1. The largest absolute Gasteiger partial charge is 0.350 e. The minimum absolute atomic E-state index is 0.132. The van der Waals surface area contributed by atoms with Gasteiger partial charge in [0, 0.05) is 12.6 Å². The Bertz CT molecular complexity index is 938. The van der Waals surface area contributed by atoms with E-state index < -0.39 is 6.55 Å². The molecule has 0 spiro atoms. The van der Waals surface area contributed by atoms with Crippen LogP contribution in [0.5, 0.6) is 0 Å². The number of amides is 1. The van der Waals surface area contributed by atoms with Crippen LogP contribution >= 0.6 is 0 Å². The summed E-state index contributed by atoms with van der Waals surface area (Å²) < 4.78 is 39.4. The van der Waals surface area contributed by atoms with Crippen molar-refractivity contribution in [1.82, 2.24) is 20.1 Å². The Kier molecular flexibility index (Phi) is 5.54. The molecule has 1 amide bonds. The van der Waals surface area contributed by atoms with Crippen LogP contribution in [0.3, 0.4) is 0 Å². The number of carbonyl (C=O) groups is 1. The molecule has 2 heterocycles. The highest BCUT2D eigenvalue weighted by Crippen LogP contribution is 2.26. The van der Waals surface area contributed by atoms with Crippen LogP contribution in [0.2, 0.25) is 0 Å². The number of halogens is 3. The minimum atomic E-state index is -2.75. The van der Waals surface area contributed by atoms with Crippen LogP contribution in [0.1, 0.15) is 25.6 Å². The minimum Gasteiger partial charge on any atom is -0.350 e. The first-order valence-corrected chi connectivity index (χ1v) is 8.33. The quantitative estimate of drug-likeness (QED) is 0.704. The molecule has 8 heteroatoms. The van der Waals surface area contributed by atoms with Gasteiger partial charge in [0.1, 0.15) is 11.5 Å². The van der Waals surface area contributed by atoms with Gasteiger partial charge in [0.2, 0.25) is 5.91 Å². The van der Waals surface area contributed by atoms with Crippen molar-refractivity contribution in [3.63, 3.8) is 0 Å². The first-order valence-electron chi connectivity index (χ1n) is 8.33. The molecule has 0 bridgehead atoms. The molecule has 3 aromatic rings. The van der Waals surface area contributed by atoms with Gasteiger partial charge in [-0.1, -0.05) is 19.1 Å². The van der Waals surface area contributed by atoms with E-state index in [2.05, 4.69) is 15.4 Å². The summed E-state index contributed by atoms with van der Waals surface area (Å²) >= 11 is 0. The molecule has 0 aliphatic rings. The monoisotopic (exact) mass is 374 g/mol. The molecule has 1 aromatic carbocycles. The van der Waals surface area contributed by atoms with E-state index >= 15 is 0 Å². The topological polar surface area (TPSA) is 59.8 Å². The second kappa shape index (κ2) is 8.03. The Hall–Kier alpha value is -3.16. The van der Waals surface area contributed by atoms with Crippen molar-refractivity contribution in [2.24, 2.45) is 0 Å². The van der Waals surface area contributed by atoms with Crippen LogP contribution in [0.25, 0.3) is 22.5 Å². The maximum absolute atomic E-state index is 13.2. The van der Waals surface area contributed by atoms with E-state index in [4.69, 9.17) is 0 Å². The molecule has 5 nitrogen and oxygen atoms in total. The molecule has 3 rings (SSSR count). The molecule has 0 saturated carbocycles. The zero-order valence-corrected chi connectivity index (χ0v) is 14.5. The van der Waals surface area contributed by atoms with Gasteiger partial charge in [-0.2, -0.15) is 13.9 Å². The Morgan fingerprint density at radius 2 is 1.85 bits per heavy atom. The van der Waals surface area contributed by atoms with Crippen LogP contribution < -0.4 is 5.32 Å². The van der Waals surface area contributed by atoms with Crippen molar-refractivity contribution >= 4 is 5.91 Å². The highest BCUT2D eigenvalue weighted by atomic mass is 19.3. The summed E-state index contributed by atoms with van der Waals surface area (Å²) in [6.07, 6.45) is 1.51. The zero-order chi connectivity index (χ0) is 19.4. The van der Waals surface area contributed by atoms with Crippen LogP contribution in [0, 0.1) is 5.82 Å². The SMILES string of the molecule is CCC(=O)NCc1cc(-c2ccc(F)cc2)cc(-c2ccn(C(F)F)n2)n1. The Morgan fingerprint density at radius 3 is 2.48 bits per heavy atom. The molecular formula is C19H17F3N4O. The first-order chi connectivity index (χ1) is 13.0. The lowest BCUT2D eigenvalue weighted by atomic mass is 10.0. The number of hydrogen-bond donors (Lipinski definition) is 1. The van der Waals surface area contributed by atoms with E-state index in [9.17, 15) is 18.0 Å². The molecule has 0 atom stereocenters. The molecule has 27 heavy (non-hydrogen) atoms. The normalized spacial score (nSPS) is 11.0. The molecule has 0 fully saturated rings. The number of aromatic nitrogens is 3. The number of nitrogens with zero attached hydrogens (tertiary/aromatic N) is 3. The molecular weight excluding hydrogens is 357 g/mol.